The van der Waals surface area contributed by atoms with Crippen molar-refractivity contribution in [1.82, 2.24) is 0 Å². The van der Waals surface area contributed by atoms with Gasteiger partial charge < -0.3 is 19.5 Å². The SMILES string of the molecule is CNc1ccc(-c2c3c(cc4cc(OC)c(OC)cc24)COC3=O)cc1. The summed E-state index contributed by atoms with van der Waals surface area (Å²) in [4.78, 5) is 12.4. The first-order valence-corrected chi connectivity index (χ1v) is 8.33. The van der Waals surface area contributed by atoms with Crippen molar-refractivity contribution in [1.29, 1.82) is 0 Å². The third kappa shape index (κ3) is 2.44. The molecule has 0 bridgehead atoms. The van der Waals surface area contributed by atoms with Crippen molar-refractivity contribution in [2.75, 3.05) is 26.6 Å². The van der Waals surface area contributed by atoms with E-state index < -0.39 is 0 Å². The monoisotopic (exact) mass is 349 g/mol. The van der Waals surface area contributed by atoms with Gasteiger partial charge in [-0.05, 0) is 46.7 Å². The number of carbonyl (C=O) groups excluding carboxylic acids is 1. The van der Waals surface area contributed by atoms with Crippen molar-refractivity contribution in [2.45, 2.75) is 6.61 Å². The second-order valence-corrected chi connectivity index (χ2v) is 6.12. The molecule has 0 radical (unpaired) electrons. The number of benzene rings is 3. The predicted molar refractivity (Wildman–Crippen MR) is 101 cm³/mol. The fourth-order valence-corrected chi connectivity index (χ4v) is 3.45. The Morgan fingerprint density at radius 1 is 0.962 bits per heavy atom. The van der Waals surface area contributed by atoms with Crippen LogP contribution in [0, 0.1) is 0 Å². The van der Waals surface area contributed by atoms with Crippen LogP contribution in [0.4, 0.5) is 5.69 Å². The lowest BCUT2D eigenvalue weighted by Gasteiger charge is -2.15. The fourth-order valence-electron chi connectivity index (χ4n) is 3.45. The molecule has 0 spiro atoms. The van der Waals surface area contributed by atoms with Gasteiger partial charge in [0, 0.05) is 23.9 Å². The maximum Gasteiger partial charge on any atom is 0.339 e. The van der Waals surface area contributed by atoms with E-state index in [9.17, 15) is 4.79 Å². The number of rotatable bonds is 4. The Bertz CT molecular complexity index is 1010. The average molecular weight is 349 g/mol. The van der Waals surface area contributed by atoms with E-state index in [2.05, 4.69) is 5.32 Å². The number of ether oxygens (including phenoxy) is 3. The molecule has 0 fully saturated rings. The van der Waals surface area contributed by atoms with Crippen LogP contribution in [0.2, 0.25) is 0 Å². The first-order chi connectivity index (χ1) is 12.7. The van der Waals surface area contributed by atoms with E-state index in [0.29, 0.717) is 23.7 Å². The summed E-state index contributed by atoms with van der Waals surface area (Å²) < 4.78 is 16.2. The van der Waals surface area contributed by atoms with E-state index in [0.717, 1.165) is 33.2 Å². The summed E-state index contributed by atoms with van der Waals surface area (Å²) >= 11 is 0. The number of hydrogen-bond donors (Lipinski definition) is 1. The highest BCUT2D eigenvalue weighted by Gasteiger charge is 2.28. The van der Waals surface area contributed by atoms with Gasteiger partial charge in [0.05, 0.1) is 19.8 Å². The summed E-state index contributed by atoms with van der Waals surface area (Å²) in [5.74, 6) is 0.991. The molecule has 5 heteroatoms. The molecule has 132 valence electrons. The van der Waals surface area contributed by atoms with Crippen molar-refractivity contribution in [2.24, 2.45) is 0 Å². The standard InChI is InChI=1S/C21H19NO4/c1-22-15-6-4-12(5-7-15)19-16-10-18(25-3)17(24-2)9-13(16)8-14-11-26-21(23)20(14)19/h4-10,22H,11H2,1-3H3. The van der Waals surface area contributed by atoms with Crippen LogP contribution in [-0.4, -0.2) is 27.2 Å². The number of nitrogens with one attached hydrogen (secondary N) is 1. The largest absolute Gasteiger partial charge is 0.493 e. The molecule has 0 saturated carbocycles. The Morgan fingerprint density at radius 3 is 2.31 bits per heavy atom. The zero-order valence-corrected chi connectivity index (χ0v) is 14.9. The number of esters is 1. The summed E-state index contributed by atoms with van der Waals surface area (Å²) in [5, 5.41) is 5.02. The lowest BCUT2D eigenvalue weighted by molar-refractivity contribution is 0.0535. The van der Waals surface area contributed by atoms with E-state index in [1.54, 1.807) is 14.2 Å². The van der Waals surface area contributed by atoms with Crippen LogP contribution < -0.4 is 14.8 Å². The van der Waals surface area contributed by atoms with Gasteiger partial charge in [-0.1, -0.05) is 12.1 Å². The quantitative estimate of drug-likeness (QED) is 0.714. The van der Waals surface area contributed by atoms with E-state index in [1.165, 1.54) is 0 Å². The van der Waals surface area contributed by atoms with Gasteiger partial charge in [0.2, 0.25) is 0 Å². The second-order valence-electron chi connectivity index (χ2n) is 6.12. The third-order valence-corrected chi connectivity index (χ3v) is 4.75. The zero-order valence-electron chi connectivity index (χ0n) is 14.9. The van der Waals surface area contributed by atoms with E-state index in [4.69, 9.17) is 14.2 Å². The van der Waals surface area contributed by atoms with Gasteiger partial charge in [-0.15, -0.1) is 0 Å². The van der Waals surface area contributed by atoms with Crippen LogP contribution in [0.1, 0.15) is 15.9 Å². The second kappa shape index (κ2) is 6.26. The molecular formula is C21H19NO4. The molecule has 1 aliphatic rings. The van der Waals surface area contributed by atoms with E-state index >= 15 is 0 Å². The summed E-state index contributed by atoms with van der Waals surface area (Å²) in [6.45, 7) is 0.292. The van der Waals surface area contributed by atoms with Gasteiger partial charge in [0.25, 0.3) is 0 Å². The Morgan fingerprint density at radius 2 is 1.65 bits per heavy atom. The van der Waals surface area contributed by atoms with E-state index in [1.807, 2.05) is 49.5 Å². The van der Waals surface area contributed by atoms with Crippen molar-refractivity contribution in [3.63, 3.8) is 0 Å². The minimum Gasteiger partial charge on any atom is -0.493 e. The number of methoxy groups -OCH3 is 2. The van der Waals surface area contributed by atoms with Crippen LogP contribution in [0.5, 0.6) is 11.5 Å². The molecule has 3 aromatic carbocycles. The molecule has 0 aliphatic carbocycles. The highest BCUT2D eigenvalue weighted by molar-refractivity contribution is 6.11. The van der Waals surface area contributed by atoms with Gasteiger partial charge in [-0.25, -0.2) is 4.79 Å². The normalized spacial score (nSPS) is 12.7. The molecule has 1 aliphatic heterocycles. The van der Waals surface area contributed by atoms with Crippen molar-refractivity contribution in [3.05, 3.63) is 53.6 Å². The molecule has 4 rings (SSSR count). The molecule has 26 heavy (non-hydrogen) atoms. The molecule has 5 nitrogen and oxygen atoms in total. The summed E-state index contributed by atoms with van der Waals surface area (Å²) in [5.41, 5.74) is 4.34. The highest BCUT2D eigenvalue weighted by atomic mass is 16.5. The molecule has 0 amide bonds. The number of hydrogen-bond acceptors (Lipinski definition) is 5. The minimum atomic E-state index is -0.288. The van der Waals surface area contributed by atoms with Crippen LogP contribution in [0.25, 0.3) is 21.9 Å². The van der Waals surface area contributed by atoms with Crippen LogP contribution in [0.15, 0.2) is 42.5 Å². The molecule has 0 saturated heterocycles. The summed E-state index contributed by atoms with van der Waals surface area (Å²) in [6, 6.07) is 13.8. The lowest BCUT2D eigenvalue weighted by Crippen LogP contribution is -2.00. The van der Waals surface area contributed by atoms with Crippen LogP contribution in [-0.2, 0) is 11.3 Å². The fraction of sp³-hybridized carbons (Fsp3) is 0.190. The molecule has 3 aromatic rings. The maximum absolute atomic E-state index is 12.4. The van der Waals surface area contributed by atoms with E-state index in [-0.39, 0.29) is 5.97 Å². The number of carbonyl (C=O) groups is 1. The van der Waals surface area contributed by atoms with Crippen molar-refractivity contribution >= 4 is 22.4 Å². The first kappa shape index (κ1) is 16.3. The van der Waals surface area contributed by atoms with Gasteiger partial charge in [0.1, 0.15) is 6.61 Å². The zero-order chi connectivity index (χ0) is 18.3. The average Bonchev–Trinajstić information content (AvgIpc) is 3.05. The van der Waals surface area contributed by atoms with Crippen molar-refractivity contribution < 1.29 is 19.0 Å². The topological polar surface area (TPSA) is 56.8 Å². The third-order valence-electron chi connectivity index (χ3n) is 4.75. The molecule has 0 atom stereocenters. The number of anilines is 1. The molecular weight excluding hydrogens is 330 g/mol. The summed E-state index contributed by atoms with van der Waals surface area (Å²) in [7, 11) is 5.09. The predicted octanol–water partition coefficient (Wildman–Crippen LogP) is 4.24. The highest BCUT2D eigenvalue weighted by Crippen LogP contribution is 2.42. The Hall–Kier alpha value is -3.21. The Balaban J connectivity index is 2.07. The number of fused-ring (bicyclic) bond motifs is 2. The van der Waals surface area contributed by atoms with Gasteiger partial charge in [-0.2, -0.15) is 0 Å². The number of cyclic esters (lactones) is 1. The van der Waals surface area contributed by atoms with Crippen LogP contribution in [0.3, 0.4) is 0 Å². The van der Waals surface area contributed by atoms with Crippen molar-refractivity contribution in [3.8, 4) is 22.6 Å². The Labute approximate surface area is 151 Å². The Kier molecular flexibility index (Phi) is 3.92. The van der Waals surface area contributed by atoms with Gasteiger partial charge in [0.15, 0.2) is 11.5 Å². The minimum absolute atomic E-state index is 0.288. The van der Waals surface area contributed by atoms with Gasteiger partial charge >= 0.3 is 5.97 Å². The first-order valence-electron chi connectivity index (χ1n) is 8.33. The van der Waals surface area contributed by atoms with Crippen LogP contribution >= 0.6 is 0 Å². The van der Waals surface area contributed by atoms with Gasteiger partial charge in [-0.3, -0.25) is 0 Å². The molecule has 0 unspecified atom stereocenters. The molecule has 1 N–H and O–H groups in total. The lowest BCUT2D eigenvalue weighted by atomic mass is 9.90. The summed E-state index contributed by atoms with van der Waals surface area (Å²) in [6.07, 6.45) is 0. The molecule has 1 heterocycles. The maximum atomic E-state index is 12.4. The smallest absolute Gasteiger partial charge is 0.339 e. The molecule has 0 aromatic heterocycles.